The molecule has 1 aromatic rings. The van der Waals surface area contributed by atoms with E-state index < -0.39 is 26.7 Å². The highest BCUT2D eigenvalue weighted by molar-refractivity contribution is 7.91. The number of carbonyl (C=O) groups excluding carboxylic acids is 1. The molecule has 0 saturated carbocycles. The van der Waals surface area contributed by atoms with Gasteiger partial charge in [-0.05, 0) is 6.42 Å². The van der Waals surface area contributed by atoms with Crippen molar-refractivity contribution in [3.8, 4) is 0 Å². The number of carbonyl (C=O) groups is 1. The molecule has 1 saturated heterocycles. The summed E-state index contributed by atoms with van der Waals surface area (Å²) in [4.78, 5) is 21.1. The lowest BCUT2D eigenvalue weighted by atomic mass is 10.1. The summed E-state index contributed by atoms with van der Waals surface area (Å²) < 4.78 is 26.6. The van der Waals surface area contributed by atoms with Gasteiger partial charge in [0.1, 0.15) is 4.21 Å². The average Bonchev–Trinajstić information content (AvgIpc) is 2.86. The van der Waals surface area contributed by atoms with Crippen LogP contribution in [0.4, 0.5) is 10.7 Å². The first-order chi connectivity index (χ1) is 9.83. The third-order valence-corrected chi connectivity index (χ3v) is 5.92. The first kappa shape index (κ1) is 15.6. The van der Waals surface area contributed by atoms with Gasteiger partial charge < -0.3 is 10.7 Å². The van der Waals surface area contributed by atoms with Gasteiger partial charge in [0.25, 0.3) is 10.0 Å². The zero-order valence-electron chi connectivity index (χ0n) is 10.7. The van der Waals surface area contributed by atoms with Crippen LogP contribution < -0.4 is 21.3 Å². The number of nitrogens with two attached hydrogens (primary N) is 1. The van der Waals surface area contributed by atoms with Gasteiger partial charge >= 0.3 is 5.69 Å². The van der Waals surface area contributed by atoms with Crippen molar-refractivity contribution in [2.24, 2.45) is 5.84 Å². The molecule has 2 rings (SSSR count). The molecule has 1 aliphatic heterocycles. The molecule has 1 aromatic heterocycles. The minimum Gasteiger partial charge on any atom is -0.355 e. The van der Waals surface area contributed by atoms with E-state index in [0.29, 0.717) is 17.8 Å². The van der Waals surface area contributed by atoms with E-state index in [0.717, 1.165) is 6.07 Å². The number of nitrogen functional groups attached to an aromatic ring is 1. The van der Waals surface area contributed by atoms with Crippen molar-refractivity contribution >= 4 is 38.0 Å². The number of rotatable bonds is 5. The minimum atomic E-state index is -3.91. The molecule has 1 aliphatic rings. The quantitative estimate of drug-likeness (QED) is 0.321. The number of thiophene rings is 1. The van der Waals surface area contributed by atoms with E-state index in [9.17, 15) is 23.3 Å². The number of sulfonamides is 1. The van der Waals surface area contributed by atoms with Gasteiger partial charge in [-0.15, -0.1) is 0 Å². The monoisotopic (exact) mass is 335 g/mol. The summed E-state index contributed by atoms with van der Waals surface area (Å²) in [5.41, 5.74) is 1.70. The molecule has 0 bridgehead atoms. The molecule has 0 spiro atoms. The summed E-state index contributed by atoms with van der Waals surface area (Å²) >= 11 is 0.668. The Hall–Kier alpha value is -1.76. The molecule has 0 aliphatic carbocycles. The van der Waals surface area contributed by atoms with Crippen LogP contribution in [0.15, 0.2) is 10.3 Å². The first-order valence-electron chi connectivity index (χ1n) is 5.87. The fourth-order valence-corrected chi connectivity index (χ4v) is 4.37. The minimum absolute atomic E-state index is 0.0441. The highest BCUT2D eigenvalue weighted by atomic mass is 32.2. The highest BCUT2D eigenvalue weighted by Crippen LogP contribution is 2.36. The number of piperidine rings is 1. The van der Waals surface area contributed by atoms with Crippen LogP contribution in [0.1, 0.15) is 12.8 Å². The Morgan fingerprint density at radius 2 is 2.24 bits per heavy atom. The van der Waals surface area contributed by atoms with E-state index >= 15 is 0 Å². The normalized spacial score (nSPS) is 19.1. The molecule has 21 heavy (non-hydrogen) atoms. The van der Waals surface area contributed by atoms with Crippen molar-refractivity contribution < 1.29 is 18.1 Å². The van der Waals surface area contributed by atoms with Crippen LogP contribution in [0.25, 0.3) is 0 Å². The number of hydrazine groups is 1. The Kier molecular flexibility index (Phi) is 4.41. The SMILES string of the molecule is NNc1sc(S(=O)(=O)NC2CCC(=O)NC2)cc1[N+](=O)[O-]. The van der Waals surface area contributed by atoms with E-state index in [1.807, 2.05) is 0 Å². The van der Waals surface area contributed by atoms with Gasteiger partial charge in [0.15, 0.2) is 5.00 Å². The second-order valence-corrected chi connectivity index (χ2v) is 7.34. The Morgan fingerprint density at radius 1 is 1.52 bits per heavy atom. The van der Waals surface area contributed by atoms with Crippen LogP contribution in [0.2, 0.25) is 0 Å². The average molecular weight is 335 g/mol. The maximum atomic E-state index is 12.2. The maximum absolute atomic E-state index is 12.2. The first-order valence-corrected chi connectivity index (χ1v) is 8.17. The Bertz CT molecular complexity index is 660. The van der Waals surface area contributed by atoms with E-state index in [1.54, 1.807) is 0 Å². The molecule has 1 fully saturated rings. The molecule has 0 radical (unpaired) electrons. The van der Waals surface area contributed by atoms with Crippen LogP contribution in [0, 0.1) is 10.1 Å². The van der Waals surface area contributed by atoms with Crippen LogP contribution in [0.3, 0.4) is 0 Å². The molecule has 12 heteroatoms. The summed E-state index contributed by atoms with van der Waals surface area (Å²) in [6.07, 6.45) is 0.605. The third-order valence-electron chi connectivity index (χ3n) is 2.87. The van der Waals surface area contributed by atoms with E-state index in [4.69, 9.17) is 5.84 Å². The predicted octanol–water partition coefficient (Wildman–Crippen LogP) is -0.501. The predicted molar refractivity (Wildman–Crippen MR) is 75.1 cm³/mol. The van der Waals surface area contributed by atoms with Crippen molar-refractivity contribution in [3.05, 3.63) is 16.2 Å². The standard InChI is InChI=1S/C9H13N5O5S2/c10-12-9-6(14(16)17)3-8(20-9)21(18,19)13-5-1-2-7(15)11-4-5/h3,5,12-13H,1-2,4,10H2,(H,11,15). The van der Waals surface area contributed by atoms with Gasteiger partial charge in [-0.25, -0.2) is 19.0 Å². The summed E-state index contributed by atoms with van der Waals surface area (Å²) in [5, 5.41) is 13.3. The third kappa shape index (κ3) is 3.47. The van der Waals surface area contributed by atoms with E-state index in [1.165, 1.54) is 0 Å². The summed E-state index contributed by atoms with van der Waals surface area (Å²) in [6.45, 7) is 0.188. The second kappa shape index (κ2) is 5.93. The van der Waals surface area contributed by atoms with Crippen molar-refractivity contribution in [1.82, 2.24) is 10.0 Å². The summed E-state index contributed by atoms with van der Waals surface area (Å²) in [6, 6.07) is 0.506. The van der Waals surface area contributed by atoms with Crippen LogP contribution in [-0.2, 0) is 14.8 Å². The van der Waals surface area contributed by atoms with Gasteiger partial charge in [0.05, 0.1) is 4.92 Å². The lowest BCUT2D eigenvalue weighted by Gasteiger charge is -2.22. The molecule has 10 nitrogen and oxygen atoms in total. The summed E-state index contributed by atoms with van der Waals surface area (Å²) in [7, 11) is -3.91. The fourth-order valence-electron chi connectivity index (χ4n) is 1.84. The van der Waals surface area contributed by atoms with Crippen LogP contribution in [-0.4, -0.2) is 31.8 Å². The zero-order valence-corrected chi connectivity index (χ0v) is 12.3. The number of nitrogens with one attached hydrogen (secondary N) is 3. The Morgan fingerprint density at radius 3 is 2.71 bits per heavy atom. The van der Waals surface area contributed by atoms with Gasteiger partial charge in [-0.3, -0.25) is 14.9 Å². The lowest BCUT2D eigenvalue weighted by molar-refractivity contribution is -0.383. The molecular formula is C9H13N5O5S2. The van der Waals surface area contributed by atoms with Gasteiger partial charge in [0, 0.05) is 25.1 Å². The highest BCUT2D eigenvalue weighted by Gasteiger charge is 2.29. The van der Waals surface area contributed by atoms with E-state index in [2.05, 4.69) is 15.5 Å². The van der Waals surface area contributed by atoms with Crippen LogP contribution >= 0.6 is 11.3 Å². The van der Waals surface area contributed by atoms with Gasteiger partial charge in [-0.1, -0.05) is 11.3 Å². The lowest BCUT2D eigenvalue weighted by Crippen LogP contribution is -2.47. The van der Waals surface area contributed by atoms with Crippen molar-refractivity contribution in [3.63, 3.8) is 0 Å². The molecule has 2 heterocycles. The molecular weight excluding hydrogens is 322 g/mol. The molecule has 5 N–H and O–H groups in total. The van der Waals surface area contributed by atoms with Gasteiger partial charge in [0.2, 0.25) is 5.91 Å². The fraction of sp³-hybridized carbons (Fsp3) is 0.444. The van der Waals surface area contributed by atoms with Crippen LogP contribution in [0.5, 0.6) is 0 Å². The Balaban J connectivity index is 2.19. The zero-order chi connectivity index (χ0) is 15.6. The second-order valence-electron chi connectivity index (χ2n) is 4.34. The number of hydrogen-bond donors (Lipinski definition) is 4. The van der Waals surface area contributed by atoms with Gasteiger partial charge in [-0.2, -0.15) is 0 Å². The number of anilines is 1. The van der Waals surface area contributed by atoms with Crippen molar-refractivity contribution in [2.45, 2.75) is 23.1 Å². The van der Waals surface area contributed by atoms with E-state index in [-0.39, 0.29) is 28.1 Å². The van der Waals surface area contributed by atoms with Crippen molar-refractivity contribution in [1.29, 1.82) is 0 Å². The topological polar surface area (TPSA) is 156 Å². The summed E-state index contributed by atoms with van der Waals surface area (Å²) in [5.74, 6) is 5.01. The number of hydrogen-bond acceptors (Lipinski definition) is 8. The molecule has 116 valence electrons. The molecule has 1 atom stereocenters. The largest absolute Gasteiger partial charge is 0.355 e. The maximum Gasteiger partial charge on any atom is 0.306 e. The smallest absolute Gasteiger partial charge is 0.306 e. The Labute approximate surface area is 123 Å². The number of nitrogens with zero attached hydrogens (tertiary/aromatic N) is 1. The number of amides is 1. The molecule has 1 amide bonds. The molecule has 0 aromatic carbocycles. The number of nitro groups is 1. The van der Waals surface area contributed by atoms with Crippen molar-refractivity contribution in [2.75, 3.05) is 12.0 Å². The molecule has 1 unspecified atom stereocenters.